The molecule has 13 heteroatoms. The van der Waals surface area contributed by atoms with E-state index >= 15 is 0 Å². The van der Waals surface area contributed by atoms with Crippen LogP contribution in [0.15, 0.2) is 61.3 Å². The molecule has 5 aromatic rings. The lowest BCUT2D eigenvalue weighted by Gasteiger charge is -2.27. The number of aromatic nitrogens is 7. The molecule has 0 atom stereocenters. The highest BCUT2D eigenvalue weighted by atomic mass is 19.3. The number of morpholine rings is 1. The lowest BCUT2D eigenvalue weighted by Crippen LogP contribution is -2.37. The maximum atomic E-state index is 13.1. The largest absolute Gasteiger partial charge is 0.399 e. The maximum Gasteiger partial charge on any atom is 0.333 e. The van der Waals surface area contributed by atoms with Crippen LogP contribution in [0.2, 0.25) is 0 Å². The summed E-state index contributed by atoms with van der Waals surface area (Å²) in [7, 11) is 0. The van der Waals surface area contributed by atoms with Gasteiger partial charge in [0.2, 0.25) is 5.95 Å². The number of hydrogen-bond donors (Lipinski definition) is 2. The molecule has 0 aliphatic carbocycles. The summed E-state index contributed by atoms with van der Waals surface area (Å²) in [4.78, 5) is 20.6. The Hall–Kier alpha value is -4.65. The van der Waals surface area contributed by atoms with Gasteiger partial charge >= 0.3 is 6.55 Å². The highest BCUT2D eigenvalue weighted by molar-refractivity contribution is 5.85. The van der Waals surface area contributed by atoms with Crippen molar-refractivity contribution in [2.75, 3.05) is 42.3 Å². The zero-order valence-corrected chi connectivity index (χ0v) is 20.2. The van der Waals surface area contributed by atoms with Gasteiger partial charge in [0, 0.05) is 37.1 Å². The van der Waals surface area contributed by atoms with E-state index in [0.29, 0.717) is 71.8 Å². The number of ether oxygens (including phenoxy) is 1. The van der Waals surface area contributed by atoms with E-state index in [-0.39, 0.29) is 0 Å². The van der Waals surface area contributed by atoms with Crippen molar-refractivity contribution in [3.63, 3.8) is 0 Å². The Morgan fingerprint density at radius 2 is 1.82 bits per heavy atom. The SMILES string of the molecule is Nc1ccc(-c2ccc(CNc3nc(N4CCOCC4)nc4c3ncn4-c3cnn(C(F)F)c3)cn2)cc1. The van der Waals surface area contributed by atoms with Gasteiger partial charge in [-0.15, -0.1) is 0 Å². The van der Waals surface area contributed by atoms with E-state index in [4.69, 9.17) is 20.4 Å². The number of benzene rings is 1. The number of rotatable bonds is 7. The number of halogens is 2. The van der Waals surface area contributed by atoms with Crippen molar-refractivity contribution in [1.82, 2.24) is 34.3 Å². The van der Waals surface area contributed by atoms with Gasteiger partial charge in [0.15, 0.2) is 17.0 Å². The predicted molar refractivity (Wildman–Crippen MR) is 138 cm³/mol. The van der Waals surface area contributed by atoms with Crippen molar-refractivity contribution in [3.05, 3.63) is 66.9 Å². The molecule has 11 nitrogen and oxygen atoms in total. The molecule has 1 aliphatic heterocycles. The van der Waals surface area contributed by atoms with Crippen LogP contribution in [0.25, 0.3) is 28.1 Å². The minimum atomic E-state index is -2.74. The fraction of sp³-hybridized carbons (Fsp3) is 0.240. The monoisotopic (exact) mass is 518 g/mol. The molecule has 4 aromatic heterocycles. The number of alkyl halides is 2. The average Bonchev–Trinajstić information content (AvgIpc) is 3.61. The van der Waals surface area contributed by atoms with Crippen LogP contribution in [0, 0.1) is 0 Å². The van der Waals surface area contributed by atoms with Crippen LogP contribution in [-0.2, 0) is 11.3 Å². The van der Waals surface area contributed by atoms with Crippen LogP contribution in [0.4, 0.5) is 26.2 Å². The van der Waals surface area contributed by atoms with Crippen LogP contribution in [-0.4, -0.2) is 60.6 Å². The molecule has 194 valence electrons. The van der Waals surface area contributed by atoms with Crippen molar-refractivity contribution >= 4 is 28.6 Å². The Kier molecular flexibility index (Phi) is 6.25. The lowest BCUT2D eigenvalue weighted by atomic mass is 10.1. The number of nitrogen functional groups attached to an aromatic ring is 1. The first kappa shape index (κ1) is 23.7. The molecule has 3 N–H and O–H groups in total. The number of nitrogens with zero attached hydrogens (tertiary/aromatic N) is 8. The number of fused-ring (bicyclic) bond motifs is 1. The Balaban J connectivity index is 1.30. The van der Waals surface area contributed by atoms with Crippen LogP contribution in [0.1, 0.15) is 12.1 Å². The predicted octanol–water partition coefficient (Wildman–Crippen LogP) is 3.50. The molecule has 0 saturated carbocycles. The summed E-state index contributed by atoms with van der Waals surface area (Å²) >= 11 is 0. The molecule has 0 radical (unpaired) electrons. The van der Waals surface area contributed by atoms with E-state index < -0.39 is 6.55 Å². The Labute approximate surface area is 215 Å². The second-order valence-corrected chi connectivity index (χ2v) is 8.74. The van der Waals surface area contributed by atoms with Gasteiger partial charge in [-0.05, 0) is 23.8 Å². The van der Waals surface area contributed by atoms with Gasteiger partial charge in [-0.2, -0.15) is 23.8 Å². The van der Waals surface area contributed by atoms with Gasteiger partial charge in [0.05, 0.1) is 37.0 Å². The molecule has 0 bridgehead atoms. The standard InChI is InChI=1S/C25H24F2N10O/c26-24(27)37-14-19(13-32-37)36-15-31-21-22(33-25(34-23(21)36)35-7-9-38-10-8-35)30-12-16-1-6-20(29-11-16)17-2-4-18(28)5-3-17/h1-6,11,13-15,24H,7-10,12,28H2,(H,30,33,34). The van der Waals surface area contributed by atoms with Gasteiger partial charge < -0.3 is 20.7 Å². The lowest BCUT2D eigenvalue weighted by molar-refractivity contribution is 0.0566. The van der Waals surface area contributed by atoms with Gasteiger partial charge in [0.1, 0.15) is 6.33 Å². The summed E-state index contributed by atoms with van der Waals surface area (Å²) in [5, 5.41) is 7.10. The van der Waals surface area contributed by atoms with E-state index in [1.54, 1.807) is 10.8 Å². The molecule has 0 unspecified atom stereocenters. The van der Waals surface area contributed by atoms with Gasteiger partial charge in [-0.3, -0.25) is 9.55 Å². The zero-order chi connectivity index (χ0) is 26.1. The third-order valence-electron chi connectivity index (χ3n) is 6.24. The fourth-order valence-electron chi connectivity index (χ4n) is 4.20. The Morgan fingerprint density at radius 1 is 1.00 bits per heavy atom. The van der Waals surface area contributed by atoms with E-state index in [0.717, 1.165) is 16.8 Å². The fourth-order valence-corrected chi connectivity index (χ4v) is 4.20. The van der Waals surface area contributed by atoms with Crippen molar-refractivity contribution < 1.29 is 13.5 Å². The van der Waals surface area contributed by atoms with Crippen molar-refractivity contribution in [2.24, 2.45) is 0 Å². The molecule has 1 saturated heterocycles. The topological polar surface area (TPSA) is 125 Å². The molecule has 1 aromatic carbocycles. The van der Waals surface area contributed by atoms with Crippen molar-refractivity contribution in [2.45, 2.75) is 13.1 Å². The van der Waals surface area contributed by atoms with Gasteiger partial charge in [-0.25, -0.2) is 9.67 Å². The summed E-state index contributed by atoms with van der Waals surface area (Å²) < 4.78 is 33.9. The van der Waals surface area contributed by atoms with E-state index in [2.05, 4.69) is 20.4 Å². The number of nitrogens with two attached hydrogens (primary N) is 1. The van der Waals surface area contributed by atoms with E-state index in [9.17, 15) is 8.78 Å². The molecule has 1 aliphatic rings. The summed E-state index contributed by atoms with van der Waals surface area (Å²) in [6.45, 7) is 0.111. The Morgan fingerprint density at radius 3 is 2.53 bits per heavy atom. The molecular weight excluding hydrogens is 494 g/mol. The first-order chi connectivity index (χ1) is 18.5. The normalized spacial score (nSPS) is 13.9. The molecule has 1 fully saturated rings. The van der Waals surface area contributed by atoms with Crippen molar-refractivity contribution in [1.29, 1.82) is 0 Å². The average molecular weight is 519 g/mol. The van der Waals surface area contributed by atoms with Gasteiger partial charge in [-0.1, -0.05) is 18.2 Å². The highest BCUT2D eigenvalue weighted by Crippen LogP contribution is 2.26. The number of nitrogens with one attached hydrogen (secondary N) is 1. The molecule has 0 amide bonds. The van der Waals surface area contributed by atoms with Crippen LogP contribution >= 0.6 is 0 Å². The number of pyridine rings is 1. The maximum absolute atomic E-state index is 13.1. The number of anilines is 3. The van der Waals surface area contributed by atoms with Gasteiger partial charge in [0.25, 0.3) is 0 Å². The summed E-state index contributed by atoms with van der Waals surface area (Å²) in [6.07, 6.45) is 5.94. The number of imidazole rings is 1. The first-order valence-corrected chi connectivity index (χ1v) is 12.0. The summed E-state index contributed by atoms with van der Waals surface area (Å²) in [5.74, 6) is 1.03. The van der Waals surface area contributed by atoms with E-state index in [1.165, 1.54) is 18.7 Å². The minimum Gasteiger partial charge on any atom is -0.399 e. The smallest absolute Gasteiger partial charge is 0.333 e. The quantitative estimate of drug-likeness (QED) is 0.312. The van der Waals surface area contributed by atoms with E-state index in [1.807, 2.05) is 41.3 Å². The molecular formula is C25H24F2N10O. The third kappa shape index (κ3) is 4.70. The molecule has 5 heterocycles. The molecule has 38 heavy (non-hydrogen) atoms. The first-order valence-electron chi connectivity index (χ1n) is 12.0. The Bertz CT molecular complexity index is 1540. The summed E-state index contributed by atoms with van der Waals surface area (Å²) in [5.41, 5.74) is 10.7. The van der Waals surface area contributed by atoms with Crippen molar-refractivity contribution in [3.8, 4) is 16.9 Å². The minimum absolute atomic E-state index is 0.424. The highest BCUT2D eigenvalue weighted by Gasteiger charge is 2.21. The second-order valence-electron chi connectivity index (χ2n) is 8.74. The zero-order valence-electron chi connectivity index (χ0n) is 20.2. The summed E-state index contributed by atoms with van der Waals surface area (Å²) in [6, 6.07) is 11.5. The van der Waals surface area contributed by atoms with Crippen LogP contribution in [0.5, 0.6) is 0 Å². The molecule has 0 spiro atoms. The third-order valence-corrected chi connectivity index (χ3v) is 6.24. The second kappa shape index (κ2) is 10.0. The molecule has 6 rings (SSSR count). The van der Waals surface area contributed by atoms with Crippen LogP contribution in [0.3, 0.4) is 0 Å². The number of hydrogen-bond acceptors (Lipinski definition) is 9. The van der Waals surface area contributed by atoms with Crippen LogP contribution < -0.4 is 16.0 Å².